The minimum absolute atomic E-state index is 0.0699. The van der Waals surface area contributed by atoms with Gasteiger partial charge in [-0.1, -0.05) is 0 Å². The van der Waals surface area contributed by atoms with Crippen LogP contribution in [0.5, 0.6) is 5.75 Å². The van der Waals surface area contributed by atoms with Gasteiger partial charge in [0.2, 0.25) is 0 Å². The summed E-state index contributed by atoms with van der Waals surface area (Å²) in [6.45, 7) is -0.306. The summed E-state index contributed by atoms with van der Waals surface area (Å²) in [7, 11) is -3.16. The highest BCUT2D eigenvalue weighted by Crippen LogP contribution is 2.36. The largest absolute Gasteiger partial charge is 0.495 e. The van der Waals surface area contributed by atoms with Gasteiger partial charge >= 0.3 is 5.97 Å². The van der Waals surface area contributed by atoms with Crippen molar-refractivity contribution < 1.29 is 31.8 Å². The minimum atomic E-state index is -4.39. The molecule has 0 atom stereocenters. The smallest absolute Gasteiger partial charge is 0.335 e. The molecule has 1 saturated heterocycles. The second-order valence-corrected chi connectivity index (χ2v) is 8.65. The summed E-state index contributed by atoms with van der Waals surface area (Å²) < 4.78 is 61.4. The van der Waals surface area contributed by atoms with Crippen LogP contribution >= 0.6 is 0 Å². The molecule has 0 saturated carbocycles. The van der Waals surface area contributed by atoms with E-state index in [1.807, 2.05) is 6.07 Å². The topological polar surface area (TPSA) is 120 Å². The summed E-state index contributed by atoms with van der Waals surface area (Å²) in [6, 6.07) is 9.27. The van der Waals surface area contributed by atoms with Gasteiger partial charge in [-0.05, 0) is 42.8 Å². The van der Waals surface area contributed by atoms with E-state index < -0.39 is 33.4 Å². The van der Waals surface area contributed by atoms with Gasteiger partial charge in [0.15, 0.2) is 0 Å². The average molecular weight is 451 g/mol. The Kier molecular flexibility index (Phi) is 6.03. The Morgan fingerprint density at radius 3 is 2.65 bits per heavy atom. The minimum Gasteiger partial charge on any atom is -0.495 e. The van der Waals surface area contributed by atoms with Crippen LogP contribution in [0.2, 0.25) is 0 Å². The van der Waals surface area contributed by atoms with Crippen molar-refractivity contribution >= 4 is 27.4 Å². The number of piperidine rings is 1. The molecule has 1 fully saturated rings. The molecule has 2 aromatic carbocycles. The second kappa shape index (κ2) is 8.39. The maximum atomic E-state index is 13.9. The van der Waals surface area contributed by atoms with Crippen LogP contribution in [0.1, 0.15) is 28.8 Å². The predicted octanol–water partition coefficient (Wildman–Crippen LogP) is 3.30. The van der Waals surface area contributed by atoms with Gasteiger partial charge in [0.05, 0.1) is 42.2 Å². The van der Waals surface area contributed by atoms with Gasteiger partial charge in [-0.25, -0.2) is 22.0 Å². The Hall–Kier alpha value is -3.39. The lowest BCUT2D eigenvalue weighted by molar-refractivity contribution is -0.0116. The molecule has 1 aliphatic rings. The van der Waals surface area contributed by atoms with E-state index in [-0.39, 0.29) is 47.6 Å². The highest BCUT2D eigenvalue weighted by molar-refractivity contribution is 7.92. The molecule has 0 unspecified atom stereocenters. The number of hydrogen-bond donors (Lipinski definition) is 2. The SMILES string of the molecule is COc1ccc(C(=O)O)cc1S(=O)(=O)Nc1cc(C#N)ccc1N1CCCC(F)(F)C1. The fourth-order valence-corrected chi connectivity index (χ4v) is 4.62. The Balaban J connectivity index is 2.06. The Morgan fingerprint density at radius 2 is 2.03 bits per heavy atom. The molecule has 31 heavy (non-hydrogen) atoms. The molecule has 1 aliphatic heterocycles. The standard InChI is InChI=1S/C20H19F2N3O5S/c1-30-17-6-4-14(19(26)27)10-18(17)31(28,29)24-15-9-13(11-23)3-5-16(15)25-8-2-7-20(21,22)12-25/h3-6,9-10,24H,2,7-8,12H2,1H3,(H,26,27). The first-order valence-electron chi connectivity index (χ1n) is 9.17. The van der Waals surface area contributed by atoms with Gasteiger partial charge in [-0.2, -0.15) is 5.26 Å². The van der Waals surface area contributed by atoms with Gasteiger partial charge in [0.25, 0.3) is 15.9 Å². The number of alkyl halides is 2. The molecule has 11 heteroatoms. The summed E-state index contributed by atoms with van der Waals surface area (Å²) in [5, 5.41) is 18.4. The number of aromatic carboxylic acids is 1. The molecule has 164 valence electrons. The van der Waals surface area contributed by atoms with Crippen molar-refractivity contribution in [3.05, 3.63) is 47.5 Å². The van der Waals surface area contributed by atoms with Crippen molar-refractivity contribution in [1.82, 2.24) is 0 Å². The molecule has 0 aliphatic carbocycles. The number of carboxylic acid groups (broad SMARTS) is 1. The summed E-state index contributed by atoms with van der Waals surface area (Å²) in [6.07, 6.45) is -0.0479. The van der Waals surface area contributed by atoms with Gasteiger partial charge in [0, 0.05) is 13.0 Å². The highest BCUT2D eigenvalue weighted by atomic mass is 32.2. The summed E-state index contributed by atoms with van der Waals surface area (Å²) in [5.41, 5.74) is -0.0332. The number of nitriles is 1. The van der Waals surface area contributed by atoms with E-state index in [9.17, 15) is 32.4 Å². The predicted molar refractivity (Wildman–Crippen MR) is 108 cm³/mol. The summed E-state index contributed by atoms with van der Waals surface area (Å²) >= 11 is 0. The van der Waals surface area contributed by atoms with E-state index in [1.54, 1.807) is 0 Å². The van der Waals surface area contributed by atoms with Crippen LogP contribution in [0.25, 0.3) is 0 Å². The number of nitrogens with zero attached hydrogens (tertiary/aromatic N) is 2. The quantitative estimate of drug-likeness (QED) is 0.691. The fraction of sp³-hybridized carbons (Fsp3) is 0.300. The lowest BCUT2D eigenvalue weighted by Crippen LogP contribution is -2.43. The third-order valence-electron chi connectivity index (χ3n) is 4.80. The number of sulfonamides is 1. The van der Waals surface area contributed by atoms with E-state index in [4.69, 9.17) is 4.74 Å². The lowest BCUT2D eigenvalue weighted by Gasteiger charge is -2.35. The third kappa shape index (κ3) is 4.86. The molecule has 1 heterocycles. The first kappa shape index (κ1) is 22.3. The molecule has 2 aromatic rings. The van der Waals surface area contributed by atoms with Crippen molar-refractivity contribution in [2.45, 2.75) is 23.7 Å². The molecular formula is C20H19F2N3O5S. The van der Waals surface area contributed by atoms with Gasteiger partial charge in [-0.15, -0.1) is 0 Å². The van der Waals surface area contributed by atoms with E-state index >= 15 is 0 Å². The van der Waals surface area contributed by atoms with Gasteiger partial charge in [0.1, 0.15) is 10.6 Å². The van der Waals surface area contributed by atoms with Crippen LogP contribution in [-0.4, -0.2) is 45.6 Å². The van der Waals surface area contributed by atoms with Crippen LogP contribution in [0.3, 0.4) is 0 Å². The number of hydrogen-bond acceptors (Lipinski definition) is 6. The van der Waals surface area contributed by atoms with Crippen molar-refractivity contribution in [2.24, 2.45) is 0 Å². The number of anilines is 2. The molecule has 0 amide bonds. The van der Waals surface area contributed by atoms with E-state index in [0.29, 0.717) is 0 Å². The van der Waals surface area contributed by atoms with Crippen molar-refractivity contribution in [2.75, 3.05) is 29.8 Å². The Morgan fingerprint density at radius 1 is 1.29 bits per heavy atom. The summed E-state index contributed by atoms with van der Waals surface area (Å²) in [5.74, 6) is -4.36. The van der Waals surface area contributed by atoms with E-state index in [0.717, 1.165) is 6.07 Å². The average Bonchev–Trinajstić information content (AvgIpc) is 2.72. The fourth-order valence-electron chi connectivity index (χ4n) is 3.35. The maximum Gasteiger partial charge on any atom is 0.335 e. The van der Waals surface area contributed by atoms with Crippen LogP contribution < -0.4 is 14.4 Å². The second-order valence-electron chi connectivity index (χ2n) is 7.00. The third-order valence-corrected chi connectivity index (χ3v) is 6.19. The number of halogens is 2. The highest BCUT2D eigenvalue weighted by Gasteiger charge is 2.36. The normalized spacial score (nSPS) is 15.7. The molecule has 8 nitrogen and oxygen atoms in total. The zero-order valence-electron chi connectivity index (χ0n) is 16.4. The number of benzene rings is 2. The zero-order valence-corrected chi connectivity index (χ0v) is 17.2. The van der Waals surface area contributed by atoms with Gasteiger partial charge in [-0.3, -0.25) is 4.72 Å². The van der Waals surface area contributed by atoms with Crippen LogP contribution in [0.4, 0.5) is 20.2 Å². The van der Waals surface area contributed by atoms with E-state index in [1.165, 1.54) is 42.3 Å². The molecule has 0 aromatic heterocycles. The number of rotatable bonds is 6. The first-order valence-corrected chi connectivity index (χ1v) is 10.7. The number of carbonyl (C=O) groups is 1. The molecule has 0 radical (unpaired) electrons. The molecule has 0 bridgehead atoms. The maximum absolute atomic E-state index is 13.9. The Labute approximate surface area is 177 Å². The van der Waals surface area contributed by atoms with E-state index in [2.05, 4.69) is 4.72 Å². The molecular weight excluding hydrogens is 432 g/mol. The van der Waals surface area contributed by atoms with Crippen molar-refractivity contribution in [3.8, 4) is 11.8 Å². The van der Waals surface area contributed by atoms with Gasteiger partial charge < -0.3 is 14.7 Å². The number of ether oxygens (including phenoxy) is 1. The number of carboxylic acids is 1. The molecule has 2 N–H and O–H groups in total. The first-order chi connectivity index (χ1) is 14.6. The van der Waals surface area contributed by atoms with Crippen molar-refractivity contribution in [1.29, 1.82) is 5.26 Å². The number of nitrogens with one attached hydrogen (secondary N) is 1. The van der Waals surface area contributed by atoms with Crippen molar-refractivity contribution in [3.63, 3.8) is 0 Å². The Bertz CT molecular complexity index is 1160. The van der Waals surface area contributed by atoms with Crippen LogP contribution in [0.15, 0.2) is 41.3 Å². The lowest BCUT2D eigenvalue weighted by atomic mass is 10.1. The number of methoxy groups -OCH3 is 1. The van der Waals surface area contributed by atoms with Crippen LogP contribution in [0, 0.1) is 11.3 Å². The molecule has 0 spiro atoms. The van der Waals surface area contributed by atoms with Crippen LogP contribution in [-0.2, 0) is 10.0 Å². The molecule has 3 rings (SSSR count). The monoisotopic (exact) mass is 451 g/mol. The zero-order chi connectivity index (χ0) is 22.8. The summed E-state index contributed by atoms with van der Waals surface area (Å²) in [4.78, 5) is 12.2.